The van der Waals surface area contributed by atoms with Crippen LogP contribution in [-0.2, 0) is 11.2 Å². The average molecular weight is 315 g/mol. The molecule has 1 aromatic rings. The largest absolute Gasteiger partial charge is 0.361 e. The van der Waals surface area contributed by atoms with Gasteiger partial charge >= 0.3 is 0 Å². The number of H-pyrrole nitrogens is 2. The van der Waals surface area contributed by atoms with Gasteiger partial charge in [0.05, 0.1) is 6.42 Å². The molecule has 20 heavy (non-hydrogen) atoms. The monoisotopic (exact) mass is 315 g/mol. The molecule has 0 aliphatic carbocycles. The first-order valence-electron chi connectivity index (χ1n) is 6.16. The van der Waals surface area contributed by atoms with Crippen LogP contribution in [0.3, 0.4) is 0 Å². The summed E-state index contributed by atoms with van der Waals surface area (Å²) >= 11 is 9.79. The number of aromatic amines is 2. The van der Waals surface area contributed by atoms with Gasteiger partial charge in [-0.3, -0.25) is 25.4 Å². The lowest BCUT2D eigenvalue weighted by molar-refractivity contribution is -0.121. The van der Waals surface area contributed by atoms with Gasteiger partial charge in [-0.1, -0.05) is 13.3 Å². The van der Waals surface area contributed by atoms with Gasteiger partial charge in [-0.15, -0.1) is 0 Å². The first-order chi connectivity index (χ1) is 9.51. The zero-order valence-electron chi connectivity index (χ0n) is 11.0. The Morgan fingerprint density at radius 3 is 2.75 bits per heavy atom. The highest BCUT2D eigenvalue weighted by molar-refractivity contribution is 7.80. The molecule has 0 bridgehead atoms. The molecule has 0 saturated carbocycles. The van der Waals surface area contributed by atoms with Crippen molar-refractivity contribution in [3.05, 3.63) is 26.9 Å². The Labute approximate surface area is 126 Å². The third-order valence-corrected chi connectivity index (χ3v) is 2.75. The summed E-state index contributed by atoms with van der Waals surface area (Å²) in [4.78, 5) is 27.9. The first-order valence-corrected chi connectivity index (χ1v) is 6.98. The van der Waals surface area contributed by atoms with Crippen LogP contribution >= 0.6 is 24.4 Å². The molecule has 1 aromatic heterocycles. The van der Waals surface area contributed by atoms with E-state index in [0.29, 0.717) is 10.8 Å². The fraction of sp³-hybridized carbons (Fsp3) is 0.455. The topological polar surface area (TPSA) is 102 Å². The number of thiocarbonyl (C=S) groups is 1. The van der Waals surface area contributed by atoms with E-state index in [1.165, 1.54) is 6.07 Å². The van der Waals surface area contributed by atoms with Crippen LogP contribution in [0.2, 0.25) is 0 Å². The molecule has 0 atom stereocenters. The lowest BCUT2D eigenvalue weighted by Crippen LogP contribution is -2.47. The van der Waals surface area contributed by atoms with Gasteiger partial charge in [-0.2, -0.15) is 0 Å². The number of hydrogen-bond donors (Lipinski definition) is 5. The highest BCUT2D eigenvalue weighted by atomic mass is 32.1. The quantitative estimate of drug-likeness (QED) is 0.304. The Morgan fingerprint density at radius 1 is 1.35 bits per heavy atom. The molecular weight excluding hydrogens is 298 g/mol. The highest BCUT2D eigenvalue weighted by Gasteiger charge is 2.05. The number of carbonyl (C=O) groups is 1. The highest BCUT2D eigenvalue weighted by Crippen LogP contribution is 1.90. The summed E-state index contributed by atoms with van der Waals surface area (Å²) in [5.74, 6) is -0.333. The number of hydrogen-bond acceptors (Lipinski definition) is 4. The van der Waals surface area contributed by atoms with Gasteiger partial charge in [0, 0.05) is 18.3 Å². The van der Waals surface area contributed by atoms with Crippen molar-refractivity contribution in [1.29, 1.82) is 0 Å². The molecule has 0 saturated heterocycles. The second-order valence-corrected chi connectivity index (χ2v) is 4.89. The SMILES string of the molecule is CCCCNC(=S)NNC(=O)Cc1cc(=O)[nH]c(=S)[nH]1. The minimum Gasteiger partial charge on any atom is -0.361 e. The molecular formula is C11H17N5O2S2. The summed E-state index contributed by atoms with van der Waals surface area (Å²) in [7, 11) is 0. The molecule has 1 rings (SSSR count). The van der Waals surface area contributed by atoms with E-state index in [9.17, 15) is 9.59 Å². The summed E-state index contributed by atoms with van der Waals surface area (Å²) in [6.45, 7) is 2.82. The van der Waals surface area contributed by atoms with E-state index < -0.39 is 0 Å². The van der Waals surface area contributed by atoms with Gasteiger partial charge in [0.15, 0.2) is 9.88 Å². The van der Waals surface area contributed by atoms with Crippen LogP contribution in [0, 0.1) is 4.77 Å². The molecule has 0 aliphatic heterocycles. The maximum absolute atomic E-state index is 11.6. The van der Waals surface area contributed by atoms with E-state index in [-0.39, 0.29) is 22.7 Å². The minimum absolute atomic E-state index is 0.00185. The molecule has 0 fully saturated rings. The van der Waals surface area contributed by atoms with Crippen molar-refractivity contribution in [2.75, 3.05) is 6.54 Å². The van der Waals surface area contributed by atoms with Crippen molar-refractivity contribution in [2.45, 2.75) is 26.2 Å². The van der Waals surface area contributed by atoms with Crippen LogP contribution in [0.1, 0.15) is 25.5 Å². The van der Waals surface area contributed by atoms with Crippen LogP contribution in [0.25, 0.3) is 0 Å². The summed E-state index contributed by atoms with van der Waals surface area (Å²) in [6.07, 6.45) is 2.06. The third kappa shape index (κ3) is 6.43. The van der Waals surface area contributed by atoms with Gasteiger partial charge in [0.1, 0.15) is 0 Å². The molecule has 9 heteroatoms. The van der Waals surface area contributed by atoms with Crippen LogP contribution in [0.4, 0.5) is 0 Å². The van der Waals surface area contributed by atoms with Gasteiger partial charge in [-0.05, 0) is 30.9 Å². The Balaban J connectivity index is 2.38. The zero-order valence-corrected chi connectivity index (χ0v) is 12.7. The van der Waals surface area contributed by atoms with Gasteiger partial charge < -0.3 is 10.3 Å². The smallest absolute Gasteiger partial charge is 0.251 e. The van der Waals surface area contributed by atoms with Crippen molar-refractivity contribution in [2.24, 2.45) is 0 Å². The predicted octanol–water partition coefficient (Wildman–Crippen LogP) is 0.270. The van der Waals surface area contributed by atoms with Gasteiger partial charge in [0.25, 0.3) is 5.56 Å². The van der Waals surface area contributed by atoms with Crippen LogP contribution in [0.15, 0.2) is 10.9 Å². The Morgan fingerprint density at radius 2 is 2.10 bits per heavy atom. The summed E-state index contributed by atoms with van der Waals surface area (Å²) < 4.78 is 0.185. The molecule has 0 aliphatic rings. The van der Waals surface area contributed by atoms with E-state index in [0.717, 1.165) is 19.4 Å². The first kappa shape index (κ1) is 16.3. The Kier molecular flexibility index (Phi) is 6.88. The standard InChI is InChI=1S/C11H17N5O2S2/c1-2-3-4-12-10(19)16-15-9(18)6-7-5-8(17)14-11(20)13-7/h5H,2-4,6H2,1H3,(H,15,18)(H2,12,16,19)(H2,13,14,17,20). The second kappa shape index (κ2) is 8.43. The molecule has 5 N–H and O–H groups in total. The maximum atomic E-state index is 11.6. The van der Waals surface area contributed by atoms with Crippen molar-refractivity contribution in [1.82, 2.24) is 26.1 Å². The molecule has 110 valence electrons. The fourth-order valence-electron chi connectivity index (χ4n) is 1.38. The predicted molar refractivity (Wildman–Crippen MR) is 82.7 cm³/mol. The average Bonchev–Trinajstić information content (AvgIpc) is 2.35. The lowest BCUT2D eigenvalue weighted by atomic mass is 10.3. The van der Waals surface area contributed by atoms with E-state index in [4.69, 9.17) is 24.4 Å². The Bertz CT molecular complexity index is 552. The van der Waals surface area contributed by atoms with E-state index in [1.807, 2.05) is 0 Å². The number of unbranched alkanes of at least 4 members (excludes halogenated alkanes) is 1. The van der Waals surface area contributed by atoms with Crippen molar-refractivity contribution in [3.8, 4) is 0 Å². The minimum atomic E-state index is -0.346. The van der Waals surface area contributed by atoms with Crippen molar-refractivity contribution >= 4 is 35.5 Å². The molecule has 0 radical (unpaired) electrons. The third-order valence-electron chi connectivity index (χ3n) is 2.30. The molecule has 0 spiro atoms. The Hall–Kier alpha value is -1.74. The number of carbonyl (C=O) groups excluding carboxylic acids is 1. The number of aromatic nitrogens is 2. The molecule has 1 amide bonds. The summed E-state index contributed by atoms with van der Waals surface area (Å²) in [6, 6.07) is 1.28. The van der Waals surface area contributed by atoms with Gasteiger partial charge in [-0.25, -0.2) is 0 Å². The van der Waals surface area contributed by atoms with E-state index in [1.54, 1.807) is 0 Å². The molecule has 0 aromatic carbocycles. The normalized spacial score (nSPS) is 9.85. The number of nitrogens with one attached hydrogen (secondary N) is 5. The molecule has 1 heterocycles. The molecule has 0 unspecified atom stereocenters. The van der Waals surface area contributed by atoms with Crippen LogP contribution < -0.4 is 21.7 Å². The van der Waals surface area contributed by atoms with E-state index >= 15 is 0 Å². The van der Waals surface area contributed by atoms with Crippen molar-refractivity contribution < 1.29 is 4.79 Å². The summed E-state index contributed by atoms with van der Waals surface area (Å²) in [5, 5.41) is 3.30. The summed E-state index contributed by atoms with van der Waals surface area (Å²) in [5.41, 5.74) is 5.11. The maximum Gasteiger partial charge on any atom is 0.251 e. The number of rotatable bonds is 5. The van der Waals surface area contributed by atoms with E-state index in [2.05, 4.69) is 33.1 Å². The van der Waals surface area contributed by atoms with Crippen LogP contribution in [0.5, 0.6) is 0 Å². The molecule has 7 nitrogen and oxygen atoms in total. The van der Waals surface area contributed by atoms with Crippen molar-refractivity contribution in [3.63, 3.8) is 0 Å². The zero-order chi connectivity index (χ0) is 15.0. The van der Waals surface area contributed by atoms with Gasteiger partial charge in [0.2, 0.25) is 5.91 Å². The number of amides is 1. The fourth-order valence-corrected chi connectivity index (χ4v) is 1.77. The van der Waals surface area contributed by atoms with Crippen LogP contribution in [-0.4, -0.2) is 27.5 Å². The number of hydrazine groups is 1. The second-order valence-electron chi connectivity index (χ2n) is 4.07. The lowest BCUT2D eigenvalue weighted by Gasteiger charge is -2.11.